The molecule has 1 aromatic rings. The highest BCUT2D eigenvalue weighted by Crippen LogP contribution is 2.11. The highest BCUT2D eigenvalue weighted by atomic mass is 16.5. The van der Waals surface area contributed by atoms with Gasteiger partial charge in [-0.15, -0.1) is 0 Å². The van der Waals surface area contributed by atoms with E-state index in [9.17, 15) is 4.79 Å². The molecule has 0 unspecified atom stereocenters. The summed E-state index contributed by atoms with van der Waals surface area (Å²) < 4.78 is 5.34. The van der Waals surface area contributed by atoms with Crippen LogP contribution in [0.3, 0.4) is 0 Å². The molecule has 88 valence electrons. The van der Waals surface area contributed by atoms with Gasteiger partial charge in [-0.2, -0.15) is 0 Å². The average molecular weight is 222 g/mol. The third-order valence-electron chi connectivity index (χ3n) is 2.12. The monoisotopic (exact) mass is 222 g/mol. The second-order valence-electron chi connectivity index (χ2n) is 3.41. The van der Waals surface area contributed by atoms with Gasteiger partial charge in [0.1, 0.15) is 12.4 Å². The zero-order chi connectivity index (χ0) is 11.8. The minimum atomic E-state index is 0.0588. The van der Waals surface area contributed by atoms with Crippen LogP contribution < -0.4 is 15.8 Å². The lowest BCUT2D eigenvalue weighted by molar-refractivity contribution is -0.120. The number of ether oxygens (including phenoxy) is 1. The molecule has 0 saturated carbocycles. The largest absolute Gasteiger partial charge is 0.492 e. The Hall–Kier alpha value is -1.55. The van der Waals surface area contributed by atoms with Gasteiger partial charge in [0.15, 0.2) is 0 Å². The molecule has 0 atom stereocenters. The van der Waals surface area contributed by atoms with Gasteiger partial charge in [-0.3, -0.25) is 4.79 Å². The van der Waals surface area contributed by atoms with E-state index >= 15 is 0 Å². The third kappa shape index (κ3) is 4.31. The van der Waals surface area contributed by atoms with Gasteiger partial charge in [-0.1, -0.05) is 19.1 Å². The predicted molar refractivity (Wildman–Crippen MR) is 63.1 cm³/mol. The number of benzene rings is 1. The van der Waals surface area contributed by atoms with Crippen molar-refractivity contribution in [2.45, 2.75) is 19.9 Å². The zero-order valence-corrected chi connectivity index (χ0v) is 9.53. The van der Waals surface area contributed by atoms with Crippen molar-refractivity contribution in [3.63, 3.8) is 0 Å². The Balaban J connectivity index is 2.41. The molecule has 3 N–H and O–H groups in total. The van der Waals surface area contributed by atoms with Crippen LogP contribution in [0.2, 0.25) is 0 Å². The molecule has 0 spiro atoms. The first-order chi connectivity index (χ1) is 7.76. The van der Waals surface area contributed by atoms with Gasteiger partial charge in [-0.05, 0) is 17.7 Å². The van der Waals surface area contributed by atoms with Crippen molar-refractivity contribution in [1.29, 1.82) is 0 Å². The lowest BCUT2D eigenvalue weighted by atomic mass is 10.2. The lowest BCUT2D eigenvalue weighted by Gasteiger charge is -2.06. The van der Waals surface area contributed by atoms with Gasteiger partial charge in [0, 0.05) is 19.5 Å². The molecule has 0 heterocycles. The van der Waals surface area contributed by atoms with Gasteiger partial charge in [0.25, 0.3) is 0 Å². The summed E-state index contributed by atoms with van der Waals surface area (Å²) >= 11 is 0. The van der Waals surface area contributed by atoms with Crippen molar-refractivity contribution in [3.8, 4) is 5.75 Å². The molecule has 0 bridgehead atoms. The molecule has 16 heavy (non-hydrogen) atoms. The van der Waals surface area contributed by atoms with Crippen molar-refractivity contribution in [2.75, 3.05) is 13.2 Å². The summed E-state index contributed by atoms with van der Waals surface area (Å²) in [5.74, 6) is 0.861. The summed E-state index contributed by atoms with van der Waals surface area (Å²) in [5, 5.41) is 2.81. The van der Waals surface area contributed by atoms with Crippen LogP contribution in [0.1, 0.15) is 18.9 Å². The second kappa shape index (κ2) is 6.85. The molecule has 0 saturated heterocycles. The van der Waals surface area contributed by atoms with Gasteiger partial charge in [0.05, 0.1) is 0 Å². The fraction of sp³-hybridized carbons (Fsp3) is 0.417. The van der Waals surface area contributed by atoms with Crippen LogP contribution in [-0.4, -0.2) is 19.1 Å². The van der Waals surface area contributed by atoms with E-state index in [-0.39, 0.29) is 5.91 Å². The predicted octanol–water partition coefficient (Wildman–Crippen LogP) is 1.05. The molecule has 0 aromatic heterocycles. The minimum absolute atomic E-state index is 0.0588. The van der Waals surface area contributed by atoms with E-state index in [2.05, 4.69) is 5.32 Å². The number of hydrogen-bond donors (Lipinski definition) is 2. The molecule has 1 amide bonds. The quantitative estimate of drug-likeness (QED) is 0.756. The molecule has 0 fully saturated rings. The number of rotatable bonds is 6. The van der Waals surface area contributed by atoms with Crippen LogP contribution >= 0.6 is 0 Å². The van der Waals surface area contributed by atoms with Crippen LogP contribution in [0.15, 0.2) is 24.3 Å². The first-order valence-electron chi connectivity index (χ1n) is 5.44. The minimum Gasteiger partial charge on any atom is -0.492 e. The second-order valence-corrected chi connectivity index (χ2v) is 3.41. The number of hydrogen-bond acceptors (Lipinski definition) is 3. The Morgan fingerprint density at radius 1 is 1.38 bits per heavy atom. The number of carbonyl (C=O) groups excluding carboxylic acids is 1. The van der Waals surface area contributed by atoms with E-state index in [1.807, 2.05) is 31.2 Å². The Morgan fingerprint density at radius 2 is 2.06 bits per heavy atom. The topological polar surface area (TPSA) is 64.3 Å². The highest BCUT2D eigenvalue weighted by molar-refractivity contribution is 5.75. The SMILES string of the molecule is CCC(=O)NCc1ccc(OCCN)cc1. The maximum Gasteiger partial charge on any atom is 0.219 e. The van der Waals surface area contributed by atoms with Crippen LogP contribution in [0.4, 0.5) is 0 Å². The van der Waals surface area contributed by atoms with Crippen LogP contribution in [0, 0.1) is 0 Å². The normalized spacial score (nSPS) is 9.88. The first-order valence-corrected chi connectivity index (χ1v) is 5.44. The third-order valence-corrected chi connectivity index (χ3v) is 2.12. The molecule has 4 heteroatoms. The fourth-order valence-electron chi connectivity index (χ4n) is 1.21. The van der Waals surface area contributed by atoms with E-state index < -0.39 is 0 Å². The summed E-state index contributed by atoms with van der Waals surface area (Å²) in [4.78, 5) is 11.0. The van der Waals surface area contributed by atoms with E-state index in [1.165, 1.54) is 0 Å². The number of nitrogens with one attached hydrogen (secondary N) is 1. The Kier molecular flexibility index (Phi) is 5.36. The van der Waals surface area contributed by atoms with Gasteiger partial charge in [0.2, 0.25) is 5.91 Å². The summed E-state index contributed by atoms with van der Waals surface area (Å²) in [6.07, 6.45) is 0.512. The molecular formula is C12H18N2O2. The maximum absolute atomic E-state index is 11.0. The summed E-state index contributed by atoms with van der Waals surface area (Å²) in [5.41, 5.74) is 6.39. The Labute approximate surface area is 95.8 Å². The summed E-state index contributed by atoms with van der Waals surface area (Å²) in [6, 6.07) is 7.62. The smallest absolute Gasteiger partial charge is 0.219 e. The molecule has 0 radical (unpaired) electrons. The maximum atomic E-state index is 11.0. The highest BCUT2D eigenvalue weighted by Gasteiger charge is 1.98. The fourth-order valence-corrected chi connectivity index (χ4v) is 1.21. The summed E-state index contributed by atoms with van der Waals surface area (Å²) in [6.45, 7) is 3.42. The molecule has 1 rings (SSSR count). The van der Waals surface area contributed by atoms with E-state index in [0.717, 1.165) is 11.3 Å². The zero-order valence-electron chi connectivity index (χ0n) is 9.53. The van der Waals surface area contributed by atoms with E-state index in [1.54, 1.807) is 0 Å². The Bertz CT molecular complexity index is 322. The molecular weight excluding hydrogens is 204 g/mol. The average Bonchev–Trinajstić information content (AvgIpc) is 2.34. The van der Waals surface area contributed by atoms with Crippen molar-refractivity contribution >= 4 is 5.91 Å². The number of amides is 1. The van der Waals surface area contributed by atoms with E-state index in [4.69, 9.17) is 10.5 Å². The molecule has 1 aromatic carbocycles. The van der Waals surface area contributed by atoms with Crippen molar-refractivity contribution in [3.05, 3.63) is 29.8 Å². The van der Waals surface area contributed by atoms with Crippen molar-refractivity contribution in [2.24, 2.45) is 5.73 Å². The summed E-state index contributed by atoms with van der Waals surface area (Å²) in [7, 11) is 0. The molecule has 0 aliphatic heterocycles. The van der Waals surface area contributed by atoms with Gasteiger partial charge >= 0.3 is 0 Å². The number of nitrogens with two attached hydrogens (primary N) is 1. The van der Waals surface area contributed by atoms with Crippen LogP contribution in [0.25, 0.3) is 0 Å². The first kappa shape index (κ1) is 12.5. The molecule has 4 nitrogen and oxygen atoms in total. The lowest BCUT2D eigenvalue weighted by Crippen LogP contribution is -2.21. The molecule has 0 aliphatic carbocycles. The molecule has 0 aliphatic rings. The van der Waals surface area contributed by atoms with Crippen LogP contribution in [0.5, 0.6) is 5.75 Å². The van der Waals surface area contributed by atoms with Crippen LogP contribution in [-0.2, 0) is 11.3 Å². The van der Waals surface area contributed by atoms with Crippen molar-refractivity contribution < 1.29 is 9.53 Å². The standard InChI is InChI=1S/C12H18N2O2/c1-2-12(15)14-9-10-3-5-11(6-4-10)16-8-7-13/h3-6H,2,7-9,13H2,1H3,(H,14,15). The number of carbonyl (C=O) groups is 1. The Morgan fingerprint density at radius 3 is 2.62 bits per heavy atom. The van der Waals surface area contributed by atoms with Gasteiger partial charge in [-0.25, -0.2) is 0 Å². The van der Waals surface area contributed by atoms with Gasteiger partial charge < -0.3 is 15.8 Å². The van der Waals surface area contributed by atoms with E-state index in [0.29, 0.717) is 26.1 Å². The van der Waals surface area contributed by atoms with Crippen molar-refractivity contribution in [1.82, 2.24) is 5.32 Å².